The SMILES string of the molecule is C=CCNC(=O)Cc1cc(O)n2ncnc2n1. The number of nitrogens with zero attached hydrogens (tertiary/aromatic N) is 4. The predicted molar refractivity (Wildman–Crippen MR) is 59.4 cm³/mol. The molecule has 0 saturated heterocycles. The Balaban J connectivity index is 2.18. The molecule has 0 aliphatic rings. The van der Waals surface area contributed by atoms with Gasteiger partial charge in [0.1, 0.15) is 6.33 Å². The average molecular weight is 233 g/mol. The van der Waals surface area contributed by atoms with Gasteiger partial charge in [-0.15, -0.1) is 6.58 Å². The zero-order chi connectivity index (χ0) is 12.3. The van der Waals surface area contributed by atoms with Crippen LogP contribution in [0.1, 0.15) is 5.69 Å². The fourth-order valence-electron chi connectivity index (χ4n) is 1.35. The second-order valence-corrected chi connectivity index (χ2v) is 3.35. The number of amides is 1. The third kappa shape index (κ3) is 2.39. The molecule has 0 saturated carbocycles. The Morgan fingerprint density at radius 1 is 1.65 bits per heavy atom. The number of aromatic hydroxyl groups is 1. The van der Waals surface area contributed by atoms with Crippen molar-refractivity contribution in [3.05, 3.63) is 30.7 Å². The van der Waals surface area contributed by atoms with Gasteiger partial charge >= 0.3 is 0 Å². The van der Waals surface area contributed by atoms with Crippen molar-refractivity contribution in [3.63, 3.8) is 0 Å². The van der Waals surface area contributed by atoms with Gasteiger partial charge in [0.05, 0.1) is 12.1 Å². The first kappa shape index (κ1) is 11.1. The van der Waals surface area contributed by atoms with Crippen LogP contribution >= 0.6 is 0 Å². The molecule has 88 valence electrons. The van der Waals surface area contributed by atoms with Crippen molar-refractivity contribution in [2.75, 3.05) is 6.54 Å². The zero-order valence-electron chi connectivity index (χ0n) is 9.00. The van der Waals surface area contributed by atoms with E-state index in [1.807, 2.05) is 0 Å². The summed E-state index contributed by atoms with van der Waals surface area (Å²) >= 11 is 0. The number of carbonyl (C=O) groups excluding carboxylic acids is 1. The van der Waals surface area contributed by atoms with Gasteiger partial charge in [0.15, 0.2) is 0 Å². The highest BCUT2D eigenvalue weighted by Gasteiger charge is 2.09. The van der Waals surface area contributed by atoms with E-state index in [1.165, 1.54) is 16.9 Å². The zero-order valence-corrected chi connectivity index (χ0v) is 9.00. The normalized spacial score (nSPS) is 10.4. The Kier molecular flexibility index (Phi) is 2.99. The van der Waals surface area contributed by atoms with E-state index in [1.54, 1.807) is 6.08 Å². The summed E-state index contributed by atoms with van der Waals surface area (Å²) in [5.74, 6) is -0.0313. The molecule has 0 spiro atoms. The third-order valence-electron chi connectivity index (χ3n) is 2.07. The number of carbonyl (C=O) groups is 1. The highest BCUT2D eigenvalue weighted by molar-refractivity contribution is 5.78. The topological polar surface area (TPSA) is 92.4 Å². The molecule has 2 N–H and O–H groups in total. The van der Waals surface area contributed by atoms with Crippen LogP contribution in [0.25, 0.3) is 5.78 Å². The van der Waals surface area contributed by atoms with E-state index in [2.05, 4.69) is 27.0 Å². The predicted octanol–water partition coefficient (Wildman–Crippen LogP) is -0.325. The van der Waals surface area contributed by atoms with E-state index in [4.69, 9.17) is 0 Å². The van der Waals surface area contributed by atoms with Gasteiger partial charge in [-0.25, -0.2) is 4.98 Å². The standard InChI is InChI=1S/C10H11N5O2/c1-2-3-11-8(16)4-7-5-9(17)15-10(14-7)12-6-13-15/h2,5-6,17H,1,3-4H2,(H,11,16). The second-order valence-electron chi connectivity index (χ2n) is 3.35. The van der Waals surface area contributed by atoms with Crippen LogP contribution in [0.5, 0.6) is 5.88 Å². The molecule has 0 radical (unpaired) electrons. The van der Waals surface area contributed by atoms with Crippen LogP contribution in [-0.2, 0) is 11.2 Å². The molecule has 7 heteroatoms. The Morgan fingerprint density at radius 3 is 3.24 bits per heavy atom. The average Bonchev–Trinajstić information content (AvgIpc) is 2.75. The number of aromatic nitrogens is 4. The first-order valence-corrected chi connectivity index (χ1v) is 4.97. The minimum Gasteiger partial charge on any atom is -0.493 e. The summed E-state index contributed by atoms with van der Waals surface area (Å²) in [4.78, 5) is 19.4. The van der Waals surface area contributed by atoms with Gasteiger partial charge < -0.3 is 10.4 Å². The molecule has 0 aromatic carbocycles. The summed E-state index contributed by atoms with van der Waals surface area (Å²) in [7, 11) is 0. The van der Waals surface area contributed by atoms with Gasteiger partial charge in [-0.1, -0.05) is 6.08 Å². The van der Waals surface area contributed by atoms with Gasteiger partial charge in [-0.05, 0) is 0 Å². The summed E-state index contributed by atoms with van der Waals surface area (Å²) in [5, 5.41) is 16.0. The van der Waals surface area contributed by atoms with Gasteiger partial charge in [-0.2, -0.15) is 14.6 Å². The molecule has 17 heavy (non-hydrogen) atoms. The maximum atomic E-state index is 11.4. The maximum absolute atomic E-state index is 11.4. The monoisotopic (exact) mass is 233 g/mol. The van der Waals surface area contributed by atoms with Crippen LogP contribution in [0.4, 0.5) is 0 Å². The van der Waals surface area contributed by atoms with Crippen molar-refractivity contribution in [2.45, 2.75) is 6.42 Å². The molecule has 0 atom stereocenters. The van der Waals surface area contributed by atoms with Crippen molar-refractivity contribution >= 4 is 11.7 Å². The van der Waals surface area contributed by atoms with E-state index < -0.39 is 0 Å². The summed E-state index contributed by atoms with van der Waals surface area (Å²) in [6, 6.07) is 1.38. The molecule has 7 nitrogen and oxygen atoms in total. The number of nitrogens with one attached hydrogen (secondary N) is 1. The van der Waals surface area contributed by atoms with Crippen LogP contribution in [0, 0.1) is 0 Å². The quantitative estimate of drug-likeness (QED) is 0.706. The third-order valence-corrected chi connectivity index (χ3v) is 2.07. The number of rotatable bonds is 4. The fourth-order valence-corrected chi connectivity index (χ4v) is 1.35. The van der Waals surface area contributed by atoms with E-state index in [-0.39, 0.29) is 24.0 Å². The minimum atomic E-state index is -0.194. The van der Waals surface area contributed by atoms with E-state index in [0.29, 0.717) is 12.2 Å². The molecule has 0 unspecified atom stereocenters. The lowest BCUT2D eigenvalue weighted by Gasteiger charge is -2.03. The van der Waals surface area contributed by atoms with E-state index in [0.717, 1.165) is 0 Å². The molecular formula is C10H11N5O2. The van der Waals surface area contributed by atoms with E-state index >= 15 is 0 Å². The van der Waals surface area contributed by atoms with Gasteiger partial charge in [0.2, 0.25) is 11.8 Å². The molecule has 0 aliphatic carbocycles. The Morgan fingerprint density at radius 2 is 2.47 bits per heavy atom. The number of hydrogen-bond donors (Lipinski definition) is 2. The highest BCUT2D eigenvalue weighted by Crippen LogP contribution is 2.11. The molecule has 1 amide bonds. The Hall–Kier alpha value is -2.44. The van der Waals surface area contributed by atoms with Crippen LogP contribution in [0.2, 0.25) is 0 Å². The summed E-state index contributed by atoms with van der Waals surface area (Å²) in [5.41, 5.74) is 0.435. The van der Waals surface area contributed by atoms with Gasteiger partial charge in [0, 0.05) is 12.6 Å². The Bertz CT molecular complexity index is 563. The lowest BCUT2D eigenvalue weighted by atomic mass is 10.3. The lowest BCUT2D eigenvalue weighted by molar-refractivity contribution is -0.120. The van der Waals surface area contributed by atoms with Gasteiger partial charge in [0.25, 0.3) is 5.78 Å². The summed E-state index contributed by atoms with van der Waals surface area (Å²) < 4.78 is 1.19. The van der Waals surface area contributed by atoms with Crippen molar-refractivity contribution in [1.82, 2.24) is 24.9 Å². The second kappa shape index (κ2) is 4.60. The molecule has 0 bridgehead atoms. The fraction of sp³-hybridized carbons (Fsp3) is 0.200. The van der Waals surface area contributed by atoms with Gasteiger partial charge in [-0.3, -0.25) is 4.79 Å². The highest BCUT2D eigenvalue weighted by atomic mass is 16.3. The molecule has 2 rings (SSSR count). The first-order chi connectivity index (χ1) is 8.20. The number of fused-ring (bicyclic) bond motifs is 1. The molecule has 2 aromatic heterocycles. The van der Waals surface area contributed by atoms with Crippen molar-refractivity contribution in [2.24, 2.45) is 0 Å². The molecule has 0 aliphatic heterocycles. The Labute approximate surface area is 96.8 Å². The molecule has 2 heterocycles. The van der Waals surface area contributed by atoms with Crippen LogP contribution in [0.15, 0.2) is 25.0 Å². The smallest absolute Gasteiger partial charge is 0.255 e. The molecular weight excluding hydrogens is 222 g/mol. The van der Waals surface area contributed by atoms with Crippen LogP contribution < -0.4 is 5.32 Å². The summed E-state index contributed by atoms with van der Waals surface area (Å²) in [6.07, 6.45) is 2.94. The van der Waals surface area contributed by atoms with Crippen LogP contribution in [-0.4, -0.2) is 37.1 Å². The van der Waals surface area contributed by atoms with Crippen LogP contribution in [0.3, 0.4) is 0 Å². The first-order valence-electron chi connectivity index (χ1n) is 4.97. The van der Waals surface area contributed by atoms with E-state index in [9.17, 15) is 9.90 Å². The lowest BCUT2D eigenvalue weighted by Crippen LogP contribution is -2.25. The minimum absolute atomic E-state index is 0.0742. The molecule has 0 fully saturated rings. The van der Waals surface area contributed by atoms with Crippen molar-refractivity contribution in [3.8, 4) is 5.88 Å². The van der Waals surface area contributed by atoms with Crippen molar-refractivity contribution in [1.29, 1.82) is 0 Å². The van der Waals surface area contributed by atoms with Crippen molar-refractivity contribution < 1.29 is 9.90 Å². The largest absolute Gasteiger partial charge is 0.493 e. The number of hydrogen-bond acceptors (Lipinski definition) is 5. The molecule has 2 aromatic rings. The maximum Gasteiger partial charge on any atom is 0.255 e. The summed E-state index contributed by atoms with van der Waals surface area (Å²) in [6.45, 7) is 3.90.